The van der Waals surface area contributed by atoms with Crippen molar-refractivity contribution >= 4 is 18.0 Å². The Balaban J connectivity index is 2.74. The molecule has 0 saturated carbocycles. The maximum absolute atomic E-state index is 10.6. The Kier molecular flexibility index (Phi) is 7.41. The van der Waals surface area contributed by atoms with Crippen molar-refractivity contribution in [1.82, 2.24) is 5.32 Å². The second kappa shape index (κ2) is 8.82. The van der Waals surface area contributed by atoms with Crippen LogP contribution in [0, 0.1) is 5.92 Å². The highest BCUT2D eigenvalue weighted by Gasteiger charge is 2.14. The molecule has 0 radical (unpaired) electrons. The summed E-state index contributed by atoms with van der Waals surface area (Å²) < 4.78 is 10.5. The monoisotopic (exact) mass is 299 g/mol. The third kappa shape index (κ3) is 5.39. The molecule has 0 heterocycles. The molecule has 0 spiro atoms. The molecule has 4 nitrogen and oxygen atoms in total. The minimum atomic E-state index is 0.0977. The van der Waals surface area contributed by atoms with Crippen molar-refractivity contribution < 1.29 is 14.3 Å². The van der Waals surface area contributed by atoms with Gasteiger partial charge in [-0.1, -0.05) is 31.5 Å². The molecular formula is C15H22ClNO3. The highest BCUT2D eigenvalue weighted by atomic mass is 35.5. The van der Waals surface area contributed by atoms with Crippen LogP contribution in [-0.2, 0) is 16.0 Å². The summed E-state index contributed by atoms with van der Waals surface area (Å²) in [7, 11) is 1.62. The zero-order valence-electron chi connectivity index (χ0n) is 12.2. The molecule has 0 saturated heterocycles. The van der Waals surface area contributed by atoms with Gasteiger partial charge >= 0.3 is 0 Å². The summed E-state index contributed by atoms with van der Waals surface area (Å²) in [6.45, 7) is 5.13. The fourth-order valence-electron chi connectivity index (χ4n) is 1.85. The van der Waals surface area contributed by atoms with E-state index >= 15 is 0 Å². The van der Waals surface area contributed by atoms with Gasteiger partial charge in [0.1, 0.15) is 12.4 Å². The average molecular weight is 300 g/mol. The smallest absolute Gasteiger partial charge is 0.207 e. The number of hydrogen-bond acceptors (Lipinski definition) is 3. The van der Waals surface area contributed by atoms with E-state index < -0.39 is 0 Å². The van der Waals surface area contributed by atoms with Crippen LogP contribution >= 0.6 is 11.6 Å². The van der Waals surface area contributed by atoms with Crippen molar-refractivity contribution in [2.75, 3.05) is 20.3 Å². The summed E-state index contributed by atoms with van der Waals surface area (Å²) in [6.07, 6.45) is 1.49. The molecule has 1 atom stereocenters. The van der Waals surface area contributed by atoms with Crippen molar-refractivity contribution in [2.45, 2.75) is 26.3 Å². The molecule has 5 heteroatoms. The number of nitrogens with one attached hydrogen (secondary N) is 1. The van der Waals surface area contributed by atoms with Gasteiger partial charge in [-0.05, 0) is 30.0 Å². The average Bonchev–Trinajstić information content (AvgIpc) is 2.41. The van der Waals surface area contributed by atoms with Gasteiger partial charge in [-0.15, -0.1) is 0 Å². The number of benzene rings is 1. The Morgan fingerprint density at radius 1 is 1.35 bits per heavy atom. The number of carbonyl (C=O) groups is 1. The Morgan fingerprint density at radius 3 is 2.70 bits per heavy atom. The van der Waals surface area contributed by atoms with Crippen molar-refractivity contribution in [3.8, 4) is 5.75 Å². The van der Waals surface area contributed by atoms with E-state index in [1.807, 2.05) is 18.2 Å². The van der Waals surface area contributed by atoms with Gasteiger partial charge in [-0.3, -0.25) is 4.79 Å². The van der Waals surface area contributed by atoms with Gasteiger partial charge in [0.25, 0.3) is 0 Å². The lowest BCUT2D eigenvalue weighted by Gasteiger charge is -2.20. The summed E-state index contributed by atoms with van der Waals surface area (Å²) >= 11 is 6.10. The predicted molar refractivity (Wildman–Crippen MR) is 80.4 cm³/mol. The quantitative estimate of drug-likeness (QED) is 0.563. The maximum Gasteiger partial charge on any atom is 0.207 e. The van der Waals surface area contributed by atoms with Crippen LogP contribution in [0.4, 0.5) is 0 Å². The zero-order valence-corrected chi connectivity index (χ0v) is 12.9. The number of carbonyl (C=O) groups excluding carboxylic acids is 1. The van der Waals surface area contributed by atoms with Gasteiger partial charge < -0.3 is 14.8 Å². The van der Waals surface area contributed by atoms with Gasteiger partial charge in [0.15, 0.2) is 0 Å². The topological polar surface area (TPSA) is 47.6 Å². The number of methoxy groups -OCH3 is 1. The molecule has 0 aliphatic heterocycles. The van der Waals surface area contributed by atoms with Gasteiger partial charge in [0.2, 0.25) is 6.41 Å². The van der Waals surface area contributed by atoms with Crippen LogP contribution in [0.2, 0.25) is 5.02 Å². The second-order valence-electron chi connectivity index (χ2n) is 4.95. The first-order valence-corrected chi connectivity index (χ1v) is 7.06. The molecule has 0 unspecified atom stereocenters. The lowest BCUT2D eigenvalue weighted by atomic mass is 9.96. The van der Waals surface area contributed by atoms with Crippen molar-refractivity contribution in [1.29, 1.82) is 0 Å². The van der Waals surface area contributed by atoms with E-state index in [9.17, 15) is 4.79 Å². The highest BCUT2D eigenvalue weighted by Crippen LogP contribution is 2.26. The van der Waals surface area contributed by atoms with Crippen LogP contribution in [0.1, 0.15) is 19.4 Å². The molecule has 0 aromatic heterocycles. The molecule has 0 aliphatic carbocycles. The minimum absolute atomic E-state index is 0.0977. The Morgan fingerprint density at radius 2 is 2.10 bits per heavy atom. The first-order valence-electron chi connectivity index (χ1n) is 6.68. The summed E-state index contributed by atoms with van der Waals surface area (Å²) in [5.41, 5.74) is 1.08. The Hall–Kier alpha value is -1.26. The van der Waals surface area contributed by atoms with Crippen molar-refractivity contribution in [2.24, 2.45) is 5.92 Å². The molecule has 1 aromatic rings. The van der Waals surface area contributed by atoms with E-state index in [4.69, 9.17) is 21.1 Å². The van der Waals surface area contributed by atoms with Gasteiger partial charge in [0.05, 0.1) is 11.6 Å². The van der Waals surface area contributed by atoms with Crippen LogP contribution in [0.5, 0.6) is 5.75 Å². The number of amides is 1. The predicted octanol–water partition coefficient (Wildman–Crippen LogP) is 2.68. The molecule has 112 valence electrons. The molecule has 1 amide bonds. The van der Waals surface area contributed by atoms with Crippen LogP contribution in [0.3, 0.4) is 0 Å². The molecular weight excluding hydrogens is 278 g/mol. The van der Waals surface area contributed by atoms with Crippen molar-refractivity contribution in [3.05, 3.63) is 28.8 Å². The third-order valence-corrected chi connectivity index (χ3v) is 3.40. The largest absolute Gasteiger partial charge is 0.490 e. The summed E-state index contributed by atoms with van der Waals surface area (Å²) in [4.78, 5) is 10.6. The fourth-order valence-corrected chi connectivity index (χ4v) is 2.02. The molecule has 0 aliphatic rings. The minimum Gasteiger partial charge on any atom is -0.490 e. The van der Waals surface area contributed by atoms with E-state index in [1.165, 1.54) is 0 Å². The van der Waals surface area contributed by atoms with Gasteiger partial charge in [0, 0.05) is 13.2 Å². The lowest BCUT2D eigenvalue weighted by Crippen LogP contribution is -2.34. The molecule has 1 aromatic carbocycles. The molecule has 20 heavy (non-hydrogen) atoms. The molecule has 0 bridgehead atoms. The summed E-state index contributed by atoms with van der Waals surface area (Å²) in [6, 6.07) is 5.78. The summed E-state index contributed by atoms with van der Waals surface area (Å²) in [5, 5.41) is 3.42. The molecule has 0 fully saturated rings. The molecule has 1 N–H and O–H groups in total. The fraction of sp³-hybridized carbons (Fsp3) is 0.533. The van der Waals surface area contributed by atoms with Crippen molar-refractivity contribution in [3.63, 3.8) is 0 Å². The zero-order chi connectivity index (χ0) is 15.0. The summed E-state index contributed by atoms with van der Waals surface area (Å²) in [5.74, 6) is 1.00. The standard InChI is InChI=1S/C15H22ClNO3/c1-11(2)14(17-10-18)8-12-4-5-13(16)15(9-12)20-7-6-19-3/h4-5,9-11,14H,6-8H2,1-3H3,(H,17,18)/t14-/m1/s1. The second-order valence-corrected chi connectivity index (χ2v) is 5.35. The number of ether oxygens (including phenoxy) is 2. The normalized spacial score (nSPS) is 12.2. The Labute approximate surface area is 125 Å². The van der Waals surface area contributed by atoms with E-state index in [-0.39, 0.29) is 6.04 Å². The van der Waals surface area contributed by atoms with Gasteiger partial charge in [-0.2, -0.15) is 0 Å². The van der Waals surface area contributed by atoms with E-state index in [1.54, 1.807) is 7.11 Å². The Bertz CT molecular complexity index is 424. The van der Waals surface area contributed by atoms with Crippen LogP contribution in [0.25, 0.3) is 0 Å². The van der Waals surface area contributed by atoms with E-state index in [0.29, 0.717) is 29.9 Å². The number of halogens is 1. The van der Waals surface area contributed by atoms with Gasteiger partial charge in [-0.25, -0.2) is 0 Å². The first-order chi connectivity index (χ1) is 9.58. The maximum atomic E-state index is 10.6. The third-order valence-electron chi connectivity index (χ3n) is 3.08. The number of rotatable bonds is 9. The van der Waals surface area contributed by atoms with E-state index in [2.05, 4.69) is 19.2 Å². The molecule has 1 rings (SSSR count). The number of hydrogen-bond donors (Lipinski definition) is 1. The SMILES string of the molecule is COCCOc1cc(C[C@@H](NC=O)C(C)C)ccc1Cl. The first kappa shape index (κ1) is 16.8. The lowest BCUT2D eigenvalue weighted by molar-refractivity contribution is -0.110. The van der Waals surface area contributed by atoms with E-state index in [0.717, 1.165) is 18.4 Å². The van der Waals surface area contributed by atoms with Crippen LogP contribution in [0.15, 0.2) is 18.2 Å². The highest BCUT2D eigenvalue weighted by molar-refractivity contribution is 6.32. The van der Waals surface area contributed by atoms with Crippen LogP contribution < -0.4 is 10.1 Å². The van der Waals surface area contributed by atoms with Crippen LogP contribution in [-0.4, -0.2) is 32.8 Å².